The van der Waals surface area contributed by atoms with Gasteiger partial charge in [-0.3, -0.25) is 0 Å². The number of rotatable bonds is 6. The molecule has 2 N–H and O–H groups in total. The maximum atomic E-state index is 10.0. The van der Waals surface area contributed by atoms with E-state index in [1.165, 1.54) is 25.8 Å². The minimum atomic E-state index is -0.577. The van der Waals surface area contributed by atoms with E-state index in [9.17, 15) is 5.11 Å². The number of hydrogen-bond donors (Lipinski definition) is 2. The number of piperidine rings is 1. The van der Waals surface area contributed by atoms with Gasteiger partial charge in [-0.2, -0.15) is 11.8 Å². The minimum Gasteiger partial charge on any atom is -0.388 e. The highest BCUT2D eigenvalue weighted by molar-refractivity contribution is 7.98. The largest absolute Gasteiger partial charge is 0.388 e. The summed E-state index contributed by atoms with van der Waals surface area (Å²) in [5.41, 5.74) is -0.577. The molecule has 0 aromatic carbocycles. The molecule has 0 saturated carbocycles. The summed E-state index contributed by atoms with van der Waals surface area (Å²) in [6.07, 6.45) is 5.99. The van der Waals surface area contributed by atoms with Crippen LogP contribution in [0.5, 0.6) is 0 Å². The second-order valence-corrected chi connectivity index (χ2v) is 6.06. The zero-order chi connectivity index (χ0) is 12.0. The lowest BCUT2D eigenvalue weighted by Crippen LogP contribution is -2.47. The third-order valence-electron chi connectivity index (χ3n) is 3.26. The molecule has 0 radical (unpaired) electrons. The Bertz CT molecular complexity index is 199. The molecule has 1 aliphatic heterocycles. The summed E-state index contributed by atoms with van der Waals surface area (Å²) in [6, 6.07) is 0.652. The monoisotopic (exact) mass is 246 g/mol. The lowest BCUT2D eigenvalue weighted by atomic mass is 10.0. The fourth-order valence-corrected chi connectivity index (χ4v) is 3.00. The van der Waals surface area contributed by atoms with Crippen LogP contribution in [0.4, 0.5) is 0 Å². The molecule has 0 amide bonds. The Labute approximate surface area is 104 Å². The zero-order valence-corrected chi connectivity index (χ0v) is 11.6. The van der Waals surface area contributed by atoms with Gasteiger partial charge < -0.3 is 15.3 Å². The Balaban J connectivity index is 2.18. The van der Waals surface area contributed by atoms with E-state index in [0.29, 0.717) is 12.6 Å². The van der Waals surface area contributed by atoms with Crippen molar-refractivity contribution in [3.05, 3.63) is 0 Å². The summed E-state index contributed by atoms with van der Waals surface area (Å²) in [6.45, 7) is 4.81. The van der Waals surface area contributed by atoms with Crippen molar-refractivity contribution in [2.24, 2.45) is 0 Å². The van der Waals surface area contributed by atoms with Crippen molar-refractivity contribution in [1.82, 2.24) is 10.2 Å². The Hall–Kier alpha value is 0.230. The zero-order valence-electron chi connectivity index (χ0n) is 10.8. The smallest absolute Gasteiger partial charge is 0.0833 e. The van der Waals surface area contributed by atoms with Crippen LogP contribution in [0, 0.1) is 0 Å². The van der Waals surface area contributed by atoms with E-state index in [0.717, 1.165) is 12.3 Å². The highest BCUT2D eigenvalue weighted by Crippen LogP contribution is 2.14. The number of thioether (sulfide) groups is 1. The van der Waals surface area contributed by atoms with Crippen molar-refractivity contribution < 1.29 is 5.11 Å². The number of nitrogens with zero attached hydrogens (tertiary/aromatic N) is 1. The van der Waals surface area contributed by atoms with E-state index >= 15 is 0 Å². The maximum Gasteiger partial charge on any atom is 0.0833 e. The van der Waals surface area contributed by atoms with Crippen LogP contribution in [0.1, 0.15) is 26.2 Å². The first kappa shape index (κ1) is 14.3. The summed E-state index contributed by atoms with van der Waals surface area (Å²) in [5, 5.41) is 13.4. The molecule has 1 fully saturated rings. The quantitative estimate of drug-likeness (QED) is 0.737. The van der Waals surface area contributed by atoms with E-state index in [1.807, 2.05) is 13.2 Å². The average Bonchev–Trinajstić information content (AvgIpc) is 2.20. The van der Waals surface area contributed by atoms with E-state index in [4.69, 9.17) is 0 Å². The van der Waals surface area contributed by atoms with E-state index in [-0.39, 0.29) is 0 Å². The number of aliphatic hydroxyl groups is 1. The molecule has 3 nitrogen and oxygen atoms in total. The average molecular weight is 246 g/mol. The summed E-state index contributed by atoms with van der Waals surface area (Å²) in [4.78, 5) is 2.43. The van der Waals surface area contributed by atoms with E-state index in [1.54, 1.807) is 11.8 Å². The van der Waals surface area contributed by atoms with Crippen molar-refractivity contribution in [1.29, 1.82) is 0 Å². The van der Waals surface area contributed by atoms with Crippen LogP contribution in [0.3, 0.4) is 0 Å². The SMILES string of the molecule is CSCC(C)(O)CNCC1CCCCN1C. The van der Waals surface area contributed by atoms with E-state index in [2.05, 4.69) is 17.3 Å². The first-order valence-corrected chi connectivity index (χ1v) is 7.57. The highest BCUT2D eigenvalue weighted by Gasteiger charge is 2.22. The summed E-state index contributed by atoms with van der Waals surface area (Å²) in [5.74, 6) is 0.792. The molecule has 0 spiro atoms. The lowest BCUT2D eigenvalue weighted by Gasteiger charge is -2.33. The molecule has 0 aromatic heterocycles. The number of likely N-dealkylation sites (N-methyl/N-ethyl adjacent to an activating group) is 1. The van der Waals surface area contributed by atoms with Crippen LogP contribution in [0.2, 0.25) is 0 Å². The van der Waals surface area contributed by atoms with Gasteiger partial charge in [-0.05, 0) is 39.6 Å². The first-order valence-electron chi connectivity index (χ1n) is 6.17. The Morgan fingerprint density at radius 3 is 2.88 bits per heavy atom. The van der Waals surface area contributed by atoms with Crippen LogP contribution < -0.4 is 5.32 Å². The summed E-state index contributed by atoms with van der Waals surface area (Å²) >= 11 is 1.69. The fourth-order valence-electron chi connectivity index (χ4n) is 2.27. The molecule has 1 heterocycles. The highest BCUT2D eigenvalue weighted by atomic mass is 32.2. The van der Waals surface area contributed by atoms with Gasteiger partial charge in [-0.15, -0.1) is 0 Å². The van der Waals surface area contributed by atoms with Crippen LogP contribution in [-0.4, -0.2) is 60.3 Å². The van der Waals surface area contributed by atoms with Gasteiger partial charge in [0, 0.05) is 24.9 Å². The molecule has 0 aromatic rings. The molecule has 96 valence electrons. The fraction of sp³-hybridized carbons (Fsp3) is 1.00. The molecule has 1 saturated heterocycles. The molecule has 1 rings (SSSR count). The second kappa shape index (κ2) is 6.84. The Kier molecular flexibility index (Phi) is 6.11. The van der Waals surface area contributed by atoms with Crippen molar-refractivity contribution in [2.75, 3.05) is 38.7 Å². The second-order valence-electron chi connectivity index (χ2n) is 5.19. The van der Waals surface area contributed by atoms with Crippen molar-refractivity contribution in [3.63, 3.8) is 0 Å². The molecule has 16 heavy (non-hydrogen) atoms. The predicted octanol–water partition coefficient (Wildman–Crippen LogP) is 1.17. The van der Waals surface area contributed by atoms with Crippen LogP contribution >= 0.6 is 11.8 Å². The number of nitrogens with one attached hydrogen (secondary N) is 1. The third-order valence-corrected chi connectivity index (χ3v) is 4.17. The van der Waals surface area contributed by atoms with E-state index < -0.39 is 5.60 Å². The van der Waals surface area contributed by atoms with Crippen LogP contribution in [-0.2, 0) is 0 Å². The van der Waals surface area contributed by atoms with Crippen LogP contribution in [0.25, 0.3) is 0 Å². The minimum absolute atomic E-state index is 0.577. The van der Waals surface area contributed by atoms with Gasteiger partial charge in [0.2, 0.25) is 0 Å². The van der Waals surface area contributed by atoms with Gasteiger partial charge in [-0.1, -0.05) is 6.42 Å². The number of hydrogen-bond acceptors (Lipinski definition) is 4. The Morgan fingerprint density at radius 1 is 1.50 bits per heavy atom. The standard InChI is InChI=1S/C12H26N2OS/c1-12(15,10-16-3)9-13-8-11-6-4-5-7-14(11)2/h11,13,15H,4-10H2,1-3H3. The van der Waals surface area contributed by atoms with Crippen molar-refractivity contribution >= 4 is 11.8 Å². The summed E-state index contributed by atoms with van der Waals surface area (Å²) < 4.78 is 0. The van der Waals surface area contributed by atoms with Gasteiger partial charge in [0.15, 0.2) is 0 Å². The molecule has 0 aliphatic carbocycles. The van der Waals surface area contributed by atoms with Gasteiger partial charge >= 0.3 is 0 Å². The lowest BCUT2D eigenvalue weighted by molar-refractivity contribution is 0.0804. The molecular formula is C12H26N2OS. The molecule has 4 heteroatoms. The summed E-state index contributed by atoms with van der Waals surface area (Å²) in [7, 11) is 2.20. The molecule has 2 unspecified atom stereocenters. The topological polar surface area (TPSA) is 35.5 Å². The number of likely N-dealkylation sites (tertiary alicyclic amines) is 1. The molecule has 2 atom stereocenters. The van der Waals surface area contributed by atoms with Crippen molar-refractivity contribution in [2.45, 2.75) is 37.8 Å². The molecular weight excluding hydrogens is 220 g/mol. The first-order chi connectivity index (χ1) is 7.55. The Morgan fingerprint density at radius 2 is 2.25 bits per heavy atom. The normalized spacial score (nSPS) is 26.6. The predicted molar refractivity (Wildman–Crippen MR) is 72.1 cm³/mol. The van der Waals surface area contributed by atoms with Gasteiger partial charge in [0.1, 0.15) is 0 Å². The molecule has 1 aliphatic rings. The molecule has 0 bridgehead atoms. The third kappa shape index (κ3) is 5.04. The maximum absolute atomic E-state index is 10.0. The van der Waals surface area contributed by atoms with Crippen LogP contribution in [0.15, 0.2) is 0 Å². The van der Waals surface area contributed by atoms with Gasteiger partial charge in [0.05, 0.1) is 5.60 Å². The van der Waals surface area contributed by atoms with Gasteiger partial charge in [0.25, 0.3) is 0 Å². The van der Waals surface area contributed by atoms with Crippen molar-refractivity contribution in [3.8, 4) is 0 Å². The van der Waals surface area contributed by atoms with Gasteiger partial charge in [-0.25, -0.2) is 0 Å².